The van der Waals surface area contributed by atoms with Crippen LogP contribution in [0.5, 0.6) is 0 Å². The fraction of sp³-hybridized carbons (Fsp3) is 0.346. The van der Waals surface area contributed by atoms with E-state index in [4.69, 9.17) is 9.72 Å². The van der Waals surface area contributed by atoms with Gasteiger partial charge in [-0.1, -0.05) is 48.5 Å². The first-order valence-electron chi connectivity index (χ1n) is 11.0. The van der Waals surface area contributed by atoms with Gasteiger partial charge in [-0.2, -0.15) is 0 Å². The zero-order chi connectivity index (χ0) is 22.7. The van der Waals surface area contributed by atoms with Gasteiger partial charge in [0, 0.05) is 38.1 Å². The molecule has 2 aromatic carbocycles. The van der Waals surface area contributed by atoms with Gasteiger partial charge in [-0.05, 0) is 31.0 Å². The van der Waals surface area contributed by atoms with Crippen LogP contribution < -0.4 is 0 Å². The van der Waals surface area contributed by atoms with Gasteiger partial charge in [0.15, 0.2) is 0 Å². The SMILES string of the molecule is COC(=O)c1c(CN2CCCC(C(=O)N(C)C)C2)nc2ccccc2c1-c1ccccc1. The molecule has 0 saturated carbocycles. The van der Waals surface area contributed by atoms with Gasteiger partial charge in [-0.3, -0.25) is 14.7 Å². The van der Waals surface area contributed by atoms with Crippen molar-refractivity contribution in [2.75, 3.05) is 34.3 Å². The highest BCUT2D eigenvalue weighted by Gasteiger charge is 2.29. The molecular weight excluding hydrogens is 402 g/mol. The highest BCUT2D eigenvalue weighted by molar-refractivity contribution is 6.07. The monoisotopic (exact) mass is 431 g/mol. The number of aromatic nitrogens is 1. The number of para-hydroxylation sites is 1. The Morgan fingerprint density at radius 1 is 1.09 bits per heavy atom. The van der Waals surface area contributed by atoms with Crippen molar-refractivity contribution < 1.29 is 14.3 Å². The van der Waals surface area contributed by atoms with Crippen molar-refractivity contribution >= 4 is 22.8 Å². The lowest BCUT2D eigenvalue weighted by atomic mass is 9.93. The van der Waals surface area contributed by atoms with Crippen LogP contribution in [0.1, 0.15) is 28.9 Å². The number of likely N-dealkylation sites (tertiary alicyclic amines) is 1. The Kier molecular flexibility index (Phi) is 6.51. The normalized spacial score (nSPS) is 16.7. The van der Waals surface area contributed by atoms with E-state index in [-0.39, 0.29) is 11.8 Å². The first-order chi connectivity index (χ1) is 15.5. The highest BCUT2D eigenvalue weighted by atomic mass is 16.5. The molecule has 0 aliphatic carbocycles. The van der Waals surface area contributed by atoms with Crippen LogP contribution in [0.3, 0.4) is 0 Å². The van der Waals surface area contributed by atoms with E-state index < -0.39 is 5.97 Å². The van der Waals surface area contributed by atoms with Crippen LogP contribution in [0.25, 0.3) is 22.0 Å². The summed E-state index contributed by atoms with van der Waals surface area (Å²) in [5, 5.41) is 0.919. The molecule has 1 amide bonds. The minimum Gasteiger partial charge on any atom is -0.465 e. The van der Waals surface area contributed by atoms with Crippen molar-refractivity contribution in [3.8, 4) is 11.1 Å². The lowest BCUT2D eigenvalue weighted by Gasteiger charge is -2.33. The molecule has 1 aliphatic heterocycles. The Morgan fingerprint density at radius 2 is 1.81 bits per heavy atom. The van der Waals surface area contributed by atoms with Crippen molar-refractivity contribution in [1.29, 1.82) is 0 Å². The largest absolute Gasteiger partial charge is 0.465 e. The molecule has 4 rings (SSSR count). The van der Waals surface area contributed by atoms with Gasteiger partial charge in [0.05, 0.1) is 29.8 Å². The number of benzene rings is 2. The first-order valence-corrected chi connectivity index (χ1v) is 11.0. The third-order valence-corrected chi connectivity index (χ3v) is 6.09. The number of rotatable bonds is 5. The number of carbonyl (C=O) groups excluding carboxylic acids is 2. The molecule has 6 nitrogen and oxygen atoms in total. The third kappa shape index (κ3) is 4.36. The van der Waals surface area contributed by atoms with Crippen molar-refractivity contribution in [3.05, 3.63) is 65.9 Å². The number of hydrogen-bond donors (Lipinski definition) is 0. The number of ether oxygens (including phenoxy) is 1. The fourth-order valence-corrected chi connectivity index (χ4v) is 4.58. The molecule has 1 aliphatic rings. The minimum atomic E-state index is -0.393. The maximum absolute atomic E-state index is 13.0. The van der Waals surface area contributed by atoms with Gasteiger partial charge in [-0.15, -0.1) is 0 Å². The number of methoxy groups -OCH3 is 1. The summed E-state index contributed by atoms with van der Waals surface area (Å²) < 4.78 is 5.21. The number of esters is 1. The molecule has 0 bridgehead atoms. The smallest absolute Gasteiger partial charge is 0.340 e. The maximum Gasteiger partial charge on any atom is 0.340 e. The van der Waals surface area contributed by atoms with Crippen LogP contribution in [0.15, 0.2) is 54.6 Å². The van der Waals surface area contributed by atoms with E-state index in [0.717, 1.165) is 41.4 Å². The zero-order valence-electron chi connectivity index (χ0n) is 18.9. The first kappa shape index (κ1) is 22.0. The zero-order valence-corrected chi connectivity index (χ0v) is 18.9. The molecule has 1 unspecified atom stereocenters. The van der Waals surface area contributed by atoms with Crippen LogP contribution >= 0.6 is 0 Å². The van der Waals surface area contributed by atoms with E-state index >= 15 is 0 Å². The Labute approximate surface area is 188 Å². The lowest BCUT2D eigenvalue weighted by Crippen LogP contribution is -2.42. The summed E-state index contributed by atoms with van der Waals surface area (Å²) in [6, 6.07) is 17.8. The summed E-state index contributed by atoms with van der Waals surface area (Å²) in [6.07, 6.45) is 1.83. The van der Waals surface area contributed by atoms with Gasteiger partial charge in [0.1, 0.15) is 0 Å². The molecule has 1 atom stereocenters. The molecular formula is C26H29N3O3. The number of piperidine rings is 1. The Hall–Kier alpha value is -3.25. The molecule has 2 heterocycles. The van der Waals surface area contributed by atoms with Crippen molar-refractivity contribution in [3.63, 3.8) is 0 Å². The second kappa shape index (κ2) is 9.49. The predicted molar refractivity (Wildman–Crippen MR) is 125 cm³/mol. The Balaban J connectivity index is 1.81. The second-order valence-electron chi connectivity index (χ2n) is 8.49. The number of fused-ring (bicyclic) bond motifs is 1. The predicted octanol–water partition coefficient (Wildman–Crippen LogP) is 3.99. The Bertz CT molecular complexity index is 1130. The molecule has 166 valence electrons. The number of hydrogen-bond acceptors (Lipinski definition) is 5. The molecule has 1 aromatic heterocycles. The summed E-state index contributed by atoms with van der Waals surface area (Å²) in [4.78, 5) is 34.4. The molecule has 1 saturated heterocycles. The highest BCUT2D eigenvalue weighted by Crippen LogP contribution is 2.34. The van der Waals surface area contributed by atoms with E-state index in [9.17, 15) is 9.59 Å². The molecule has 0 radical (unpaired) electrons. The van der Waals surface area contributed by atoms with E-state index in [1.807, 2.05) is 54.6 Å². The van der Waals surface area contributed by atoms with Crippen LogP contribution in [0, 0.1) is 5.92 Å². The summed E-state index contributed by atoms with van der Waals surface area (Å²) in [5.41, 5.74) is 3.82. The standard InChI is InChI=1S/C26H29N3O3/c1-28(2)25(30)19-12-9-15-29(16-19)17-22-24(26(31)32-3)23(18-10-5-4-6-11-18)20-13-7-8-14-21(20)27-22/h4-8,10-11,13-14,19H,9,12,15-17H2,1-3H3. The average molecular weight is 432 g/mol. The fourth-order valence-electron chi connectivity index (χ4n) is 4.58. The average Bonchev–Trinajstić information content (AvgIpc) is 2.83. The number of nitrogens with zero attached hydrogens (tertiary/aromatic N) is 3. The summed E-state index contributed by atoms with van der Waals surface area (Å²) in [5.74, 6) is -0.274. The van der Waals surface area contributed by atoms with Gasteiger partial charge in [0.2, 0.25) is 5.91 Å². The number of amides is 1. The summed E-state index contributed by atoms with van der Waals surface area (Å²) in [6.45, 7) is 2.02. The molecule has 1 fully saturated rings. The Morgan fingerprint density at radius 3 is 2.53 bits per heavy atom. The van der Waals surface area contributed by atoms with Crippen molar-refractivity contribution in [2.24, 2.45) is 5.92 Å². The molecule has 3 aromatic rings. The molecule has 6 heteroatoms. The van der Waals surface area contributed by atoms with E-state index in [1.54, 1.807) is 19.0 Å². The maximum atomic E-state index is 13.0. The van der Waals surface area contributed by atoms with Crippen molar-refractivity contribution in [2.45, 2.75) is 19.4 Å². The second-order valence-corrected chi connectivity index (χ2v) is 8.49. The topological polar surface area (TPSA) is 62.7 Å². The third-order valence-electron chi connectivity index (χ3n) is 6.09. The number of pyridine rings is 1. The lowest BCUT2D eigenvalue weighted by molar-refractivity contribution is -0.134. The van der Waals surface area contributed by atoms with Crippen LogP contribution in [-0.4, -0.2) is 61.0 Å². The summed E-state index contributed by atoms with van der Waals surface area (Å²) in [7, 11) is 5.00. The molecule has 32 heavy (non-hydrogen) atoms. The van der Waals surface area contributed by atoms with Gasteiger partial charge >= 0.3 is 5.97 Å². The summed E-state index contributed by atoms with van der Waals surface area (Å²) >= 11 is 0. The van der Waals surface area contributed by atoms with E-state index in [0.29, 0.717) is 24.3 Å². The van der Waals surface area contributed by atoms with Gasteiger partial charge < -0.3 is 9.64 Å². The molecule has 0 N–H and O–H groups in total. The van der Waals surface area contributed by atoms with Gasteiger partial charge in [0.25, 0.3) is 0 Å². The van der Waals surface area contributed by atoms with Crippen LogP contribution in [0.2, 0.25) is 0 Å². The number of carbonyl (C=O) groups is 2. The quantitative estimate of drug-likeness (QED) is 0.572. The van der Waals surface area contributed by atoms with E-state index in [1.165, 1.54) is 7.11 Å². The molecule has 0 spiro atoms. The minimum absolute atomic E-state index is 0.0330. The van der Waals surface area contributed by atoms with E-state index in [2.05, 4.69) is 4.90 Å². The van der Waals surface area contributed by atoms with Crippen LogP contribution in [-0.2, 0) is 16.1 Å². The van der Waals surface area contributed by atoms with Crippen LogP contribution in [0.4, 0.5) is 0 Å². The van der Waals surface area contributed by atoms with Crippen molar-refractivity contribution in [1.82, 2.24) is 14.8 Å². The van der Waals surface area contributed by atoms with Gasteiger partial charge in [-0.25, -0.2) is 4.79 Å².